The summed E-state index contributed by atoms with van der Waals surface area (Å²) < 4.78 is 10.1. The topological polar surface area (TPSA) is 47.6 Å². The molecule has 17 heavy (non-hydrogen) atoms. The van der Waals surface area contributed by atoms with Crippen molar-refractivity contribution in [2.24, 2.45) is 0 Å². The highest BCUT2D eigenvalue weighted by Crippen LogP contribution is 2.29. The van der Waals surface area contributed by atoms with Gasteiger partial charge in [0.2, 0.25) is 0 Å². The van der Waals surface area contributed by atoms with E-state index in [4.69, 9.17) is 9.47 Å². The van der Waals surface area contributed by atoms with Gasteiger partial charge in [-0.2, -0.15) is 0 Å². The quantitative estimate of drug-likeness (QED) is 0.842. The van der Waals surface area contributed by atoms with E-state index in [0.717, 1.165) is 17.0 Å². The first-order valence-electron chi connectivity index (χ1n) is 5.34. The number of nitrogens with one attached hydrogen (secondary N) is 1. The Bertz CT molecular complexity index is 409. The monoisotopic (exact) mass is 257 g/mol. The van der Waals surface area contributed by atoms with Crippen LogP contribution in [0.5, 0.6) is 5.75 Å². The zero-order valence-corrected chi connectivity index (χ0v) is 10.7. The number of halogens is 1. The molecule has 1 aromatic carbocycles. The molecule has 94 valence electrons. The highest BCUT2D eigenvalue weighted by molar-refractivity contribution is 5.85. The minimum absolute atomic E-state index is 0. The van der Waals surface area contributed by atoms with Crippen molar-refractivity contribution in [1.29, 1.82) is 0 Å². The molecule has 0 spiro atoms. The van der Waals surface area contributed by atoms with Crippen LogP contribution in [0.4, 0.5) is 5.69 Å². The van der Waals surface area contributed by atoms with E-state index in [-0.39, 0.29) is 24.4 Å². The van der Waals surface area contributed by atoms with Crippen LogP contribution in [-0.4, -0.2) is 25.7 Å². The smallest absolute Gasteiger partial charge is 0.328 e. The van der Waals surface area contributed by atoms with Gasteiger partial charge in [-0.1, -0.05) is 6.07 Å². The second-order valence-electron chi connectivity index (χ2n) is 3.68. The fourth-order valence-electron chi connectivity index (χ4n) is 1.84. The number of fused-ring (bicyclic) bond motifs is 1. The Morgan fingerprint density at radius 2 is 2.29 bits per heavy atom. The number of benzene rings is 1. The first-order chi connectivity index (χ1) is 7.74. The Morgan fingerprint density at radius 3 is 2.94 bits per heavy atom. The molecule has 4 nitrogen and oxygen atoms in total. The summed E-state index contributed by atoms with van der Waals surface area (Å²) in [5.74, 6) is 0.591. The zero-order valence-electron chi connectivity index (χ0n) is 9.86. The van der Waals surface area contributed by atoms with Crippen LogP contribution in [0.1, 0.15) is 12.5 Å². The summed E-state index contributed by atoms with van der Waals surface area (Å²) in [6.07, 6.45) is 0.679. The van der Waals surface area contributed by atoms with Gasteiger partial charge in [0.25, 0.3) is 0 Å². The van der Waals surface area contributed by atoms with Crippen molar-refractivity contribution in [2.45, 2.75) is 19.4 Å². The molecule has 0 saturated carbocycles. The molecule has 5 heteroatoms. The number of methoxy groups -OCH3 is 1. The lowest BCUT2D eigenvalue weighted by Gasteiger charge is -2.09. The summed E-state index contributed by atoms with van der Waals surface area (Å²) >= 11 is 0. The Hall–Kier alpha value is -1.42. The van der Waals surface area contributed by atoms with Crippen molar-refractivity contribution >= 4 is 24.1 Å². The average molecular weight is 258 g/mol. The van der Waals surface area contributed by atoms with Crippen molar-refractivity contribution in [1.82, 2.24) is 0 Å². The van der Waals surface area contributed by atoms with Gasteiger partial charge in [-0.3, -0.25) is 0 Å². The molecule has 1 N–H and O–H groups in total. The van der Waals surface area contributed by atoms with Crippen molar-refractivity contribution < 1.29 is 14.3 Å². The minimum atomic E-state index is -0.262. The molecule has 2 rings (SSSR count). The second kappa shape index (κ2) is 5.77. The molecule has 1 aromatic rings. The van der Waals surface area contributed by atoms with Crippen LogP contribution in [0.15, 0.2) is 18.2 Å². The van der Waals surface area contributed by atoms with Crippen LogP contribution in [-0.2, 0) is 16.0 Å². The van der Waals surface area contributed by atoms with E-state index in [0.29, 0.717) is 13.0 Å². The number of anilines is 1. The van der Waals surface area contributed by atoms with Gasteiger partial charge in [-0.05, 0) is 18.6 Å². The zero-order chi connectivity index (χ0) is 11.5. The Balaban J connectivity index is 0.00000144. The van der Waals surface area contributed by atoms with E-state index in [2.05, 4.69) is 5.32 Å². The summed E-state index contributed by atoms with van der Waals surface area (Å²) in [4.78, 5) is 11.6. The van der Waals surface area contributed by atoms with Crippen LogP contribution in [0.3, 0.4) is 0 Å². The van der Waals surface area contributed by atoms with Gasteiger partial charge < -0.3 is 14.8 Å². The highest BCUT2D eigenvalue weighted by atomic mass is 35.5. The average Bonchev–Trinajstić information content (AvgIpc) is 2.71. The van der Waals surface area contributed by atoms with Crippen LogP contribution in [0, 0.1) is 0 Å². The maximum atomic E-state index is 11.6. The number of hydrogen-bond acceptors (Lipinski definition) is 4. The normalized spacial score (nSPS) is 16.5. The molecule has 1 atom stereocenters. The van der Waals surface area contributed by atoms with Gasteiger partial charge in [0.05, 0.1) is 13.7 Å². The fourth-order valence-corrected chi connectivity index (χ4v) is 1.84. The predicted octanol–water partition coefficient (Wildman–Crippen LogP) is 2.02. The van der Waals surface area contributed by atoms with E-state index in [9.17, 15) is 4.79 Å². The summed E-state index contributed by atoms with van der Waals surface area (Å²) in [6.45, 7) is 2.22. The maximum Gasteiger partial charge on any atom is 0.328 e. The lowest BCUT2D eigenvalue weighted by molar-refractivity contribution is -0.143. The fraction of sp³-hybridized carbons (Fsp3) is 0.417. The predicted molar refractivity (Wildman–Crippen MR) is 68.0 cm³/mol. The molecule has 0 unspecified atom stereocenters. The number of rotatable bonds is 3. The van der Waals surface area contributed by atoms with Gasteiger partial charge >= 0.3 is 5.97 Å². The first-order valence-corrected chi connectivity index (χ1v) is 5.34. The van der Waals surface area contributed by atoms with Gasteiger partial charge in [0.15, 0.2) is 0 Å². The van der Waals surface area contributed by atoms with Gasteiger partial charge in [-0.25, -0.2) is 4.79 Å². The van der Waals surface area contributed by atoms with Crippen LogP contribution < -0.4 is 10.1 Å². The molecule has 0 bridgehead atoms. The van der Waals surface area contributed by atoms with E-state index in [1.165, 1.54) is 0 Å². The van der Waals surface area contributed by atoms with E-state index < -0.39 is 0 Å². The van der Waals surface area contributed by atoms with Crippen LogP contribution in [0.2, 0.25) is 0 Å². The molecule has 0 fully saturated rings. The van der Waals surface area contributed by atoms with Gasteiger partial charge in [0, 0.05) is 18.2 Å². The summed E-state index contributed by atoms with van der Waals surface area (Å²) in [5.41, 5.74) is 2.08. The maximum absolute atomic E-state index is 11.6. The van der Waals surface area contributed by atoms with Crippen LogP contribution >= 0.6 is 12.4 Å². The van der Waals surface area contributed by atoms with Crippen molar-refractivity contribution in [3.8, 4) is 5.75 Å². The third kappa shape index (κ3) is 2.82. The molecule has 0 radical (unpaired) electrons. The molecule has 1 heterocycles. The number of ether oxygens (including phenoxy) is 2. The Kier molecular flexibility index (Phi) is 4.63. The molecular formula is C12H16ClNO3. The number of carbonyl (C=O) groups is 1. The molecule has 0 aromatic heterocycles. The first kappa shape index (κ1) is 13.6. The summed E-state index contributed by atoms with van der Waals surface area (Å²) in [5, 5.41) is 3.14. The SMILES string of the molecule is CCOC(=O)[C@H]1Cc2ccc(OC)cc2N1.Cl. The molecule has 1 aliphatic rings. The number of carbonyl (C=O) groups excluding carboxylic acids is 1. The Morgan fingerprint density at radius 1 is 1.53 bits per heavy atom. The van der Waals surface area contributed by atoms with Crippen LogP contribution in [0.25, 0.3) is 0 Å². The van der Waals surface area contributed by atoms with Crippen molar-refractivity contribution in [2.75, 3.05) is 19.0 Å². The molecule has 0 aliphatic carbocycles. The van der Waals surface area contributed by atoms with E-state index in [1.54, 1.807) is 7.11 Å². The summed E-state index contributed by atoms with van der Waals surface area (Å²) in [7, 11) is 1.62. The summed E-state index contributed by atoms with van der Waals surface area (Å²) in [6, 6.07) is 5.50. The lowest BCUT2D eigenvalue weighted by Crippen LogP contribution is -2.28. The van der Waals surface area contributed by atoms with Crippen molar-refractivity contribution in [3.05, 3.63) is 23.8 Å². The third-order valence-electron chi connectivity index (χ3n) is 2.64. The number of hydrogen-bond donors (Lipinski definition) is 1. The Labute approximate surface area is 107 Å². The molecule has 0 saturated heterocycles. The second-order valence-corrected chi connectivity index (χ2v) is 3.68. The number of esters is 1. The minimum Gasteiger partial charge on any atom is -0.497 e. The molecule has 1 aliphatic heterocycles. The van der Waals surface area contributed by atoms with E-state index in [1.807, 2.05) is 25.1 Å². The lowest BCUT2D eigenvalue weighted by atomic mass is 10.1. The molecular weight excluding hydrogens is 242 g/mol. The highest BCUT2D eigenvalue weighted by Gasteiger charge is 2.27. The molecule has 0 amide bonds. The van der Waals surface area contributed by atoms with E-state index >= 15 is 0 Å². The standard InChI is InChI=1S/C12H15NO3.ClH/c1-3-16-12(14)11-6-8-4-5-9(15-2)7-10(8)13-11;/h4-5,7,11,13H,3,6H2,1-2H3;1H/t11-;/m1./s1. The van der Waals surface area contributed by atoms with Gasteiger partial charge in [-0.15, -0.1) is 12.4 Å². The third-order valence-corrected chi connectivity index (χ3v) is 2.64. The van der Waals surface area contributed by atoms with Gasteiger partial charge in [0.1, 0.15) is 11.8 Å². The van der Waals surface area contributed by atoms with Crippen molar-refractivity contribution in [3.63, 3.8) is 0 Å². The largest absolute Gasteiger partial charge is 0.497 e.